The van der Waals surface area contributed by atoms with Crippen LogP contribution in [0.1, 0.15) is 73.9 Å². The molecule has 2 N–H and O–H groups in total. The third-order valence-electron chi connectivity index (χ3n) is 7.96. The van der Waals surface area contributed by atoms with Gasteiger partial charge in [0.25, 0.3) is 0 Å². The number of hydrogen-bond donors (Lipinski definition) is 2. The summed E-state index contributed by atoms with van der Waals surface area (Å²) >= 11 is 0. The Morgan fingerprint density at radius 3 is 2.59 bits per heavy atom. The highest BCUT2D eigenvalue weighted by Gasteiger charge is 2.64. The molecule has 1 aliphatic heterocycles. The van der Waals surface area contributed by atoms with Gasteiger partial charge in [0.2, 0.25) is 11.8 Å². The number of unbranched alkanes of at least 4 members (excludes halogenated alkanes) is 1. The molecule has 1 saturated carbocycles. The molecule has 5 rings (SSSR count). The Labute approximate surface area is 216 Å². The normalized spacial score (nSPS) is 22.2. The van der Waals surface area contributed by atoms with Crippen LogP contribution in [-0.2, 0) is 16.0 Å². The number of carbonyl (C=O) groups excluding carboxylic acids is 3. The van der Waals surface area contributed by atoms with Gasteiger partial charge in [0, 0.05) is 42.9 Å². The molecule has 9 nitrogen and oxygen atoms in total. The van der Waals surface area contributed by atoms with Gasteiger partial charge in [-0.3, -0.25) is 19.5 Å². The summed E-state index contributed by atoms with van der Waals surface area (Å²) in [5, 5.41) is 11.0. The topological polar surface area (TPSA) is 121 Å². The summed E-state index contributed by atoms with van der Waals surface area (Å²) in [6.07, 6.45) is 7.00. The van der Waals surface area contributed by atoms with Gasteiger partial charge in [0.1, 0.15) is 17.6 Å². The van der Waals surface area contributed by atoms with Crippen molar-refractivity contribution in [1.82, 2.24) is 30.4 Å². The maximum absolute atomic E-state index is 14.0. The summed E-state index contributed by atoms with van der Waals surface area (Å²) < 4.78 is 0. The molecule has 2 aliphatic rings. The molecule has 3 aromatic rings. The number of nitrogens with one attached hydrogen (secondary N) is 2. The van der Waals surface area contributed by atoms with Crippen LogP contribution in [0.4, 0.5) is 0 Å². The quantitative estimate of drug-likeness (QED) is 0.358. The number of aryl methyl sites for hydroxylation is 2. The fraction of sp³-hybridized carbons (Fsp3) is 0.500. The first-order valence-electron chi connectivity index (χ1n) is 13.0. The molecule has 2 fully saturated rings. The molecule has 0 bridgehead atoms. The van der Waals surface area contributed by atoms with Crippen LogP contribution in [0, 0.1) is 19.3 Å². The van der Waals surface area contributed by atoms with Crippen molar-refractivity contribution in [1.29, 1.82) is 0 Å². The second kappa shape index (κ2) is 9.36. The highest BCUT2D eigenvalue weighted by molar-refractivity contribution is 6.09. The predicted molar refractivity (Wildman–Crippen MR) is 140 cm³/mol. The molecular formula is C28H34N6O3. The summed E-state index contributed by atoms with van der Waals surface area (Å²) in [5.74, 6) is 0.298. The van der Waals surface area contributed by atoms with Gasteiger partial charge in [-0.1, -0.05) is 20.3 Å². The number of likely N-dealkylation sites (tertiary alicyclic amines) is 1. The van der Waals surface area contributed by atoms with Crippen LogP contribution in [0.5, 0.6) is 0 Å². The van der Waals surface area contributed by atoms with E-state index in [1.165, 1.54) is 6.92 Å². The lowest BCUT2D eigenvalue weighted by Crippen LogP contribution is -2.48. The highest BCUT2D eigenvalue weighted by atomic mass is 16.2. The minimum Gasteiger partial charge on any atom is -0.354 e. The number of piperidine rings is 1. The molecular weight excluding hydrogens is 468 g/mol. The fourth-order valence-electron chi connectivity index (χ4n) is 5.76. The number of rotatable bonds is 8. The van der Waals surface area contributed by atoms with E-state index in [9.17, 15) is 14.4 Å². The van der Waals surface area contributed by atoms with Crippen molar-refractivity contribution in [2.24, 2.45) is 5.41 Å². The van der Waals surface area contributed by atoms with Crippen molar-refractivity contribution in [2.45, 2.75) is 78.8 Å². The Bertz CT molecular complexity index is 1400. The maximum atomic E-state index is 14.0. The van der Waals surface area contributed by atoms with E-state index in [1.54, 1.807) is 17.3 Å². The highest BCUT2D eigenvalue weighted by Crippen LogP contribution is 2.59. The van der Waals surface area contributed by atoms with Gasteiger partial charge in [-0.2, -0.15) is 5.10 Å². The van der Waals surface area contributed by atoms with E-state index in [1.807, 2.05) is 19.9 Å². The molecule has 0 radical (unpaired) electrons. The van der Waals surface area contributed by atoms with Crippen molar-refractivity contribution in [2.75, 3.05) is 6.54 Å². The number of H-pyrrole nitrogens is 1. The first-order chi connectivity index (χ1) is 17.6. The summed E-state index contributed by atoms with van der Waals surface area (Å²) in [7, 11) is 0. The molecule has 3 atom stereocenters. The Hall–Kier alpha value is -3.62. The molecule has 1 aromatic carbocycles. The molecule has 3 heterocycles. The molecule has 194 valence electrons. The number of ketones is 1. The van der Waals surface area contributed by atoms with Gasteiger partial charge >= 0.3 is 0 Å². The van der Waals surface area contributed by atoms with E-state index in [2.05, 4.69) is 39.3 Å². The van der Waals surface area contributed by atoms with Crippen molar-refractivity contribution in [3.8, 4) is 11.1 Å². The largest absolute Gasteiger partial charge is 0.354 e. The lowest BCUT2D eigenvalue weighted by atomic mass is 9.91. The van der Waals surface area contributed by atoms with Gasteiger partial charge in [0.15, 0.2) is 5.78 Å². The molecule has 37 heavy (non-hydrogen) atoms. The second-order valence-electron chi connectivity index (χ2n) is 10.8. The second-order valence-corrected chi connectivity index (χ2v) is 10.8. The SMILES string of the molecule is CCCCNC(=O)[C@@H]1C[C@@]2(C)C[C@H]2N1C(=O)Cc1c(-c2cnc(C)nc2)cc(C)c2n[nH]c(C(C)=O)c12. The Morgan fingerprint density at radius 2 is 1.92 bits per heavy atom. The number of nitrogens with zero attached hydrogens (tertiary/aromatic N) is 4. The molecule has 0 spiro atoms. The zero-order valence-electron chi connectivity index (χ0n) is 22.1. The van der Waals surface area contributed by atoms with Crippen LogP contribution in [-0.4, -0.2) is 61.3 Å². The third-order valence-corrected chi connectivity index (χ3v) is 7.96. The zero-order valence-corrected chi connectivity index (χ0v) is 22.1. The number of fused-ring (bicyclic) bond motifs is 2. The van der Waals surface area contributed by atoms with Crippen LogP contribution >= 0.6 is 0 Å². The standard InChI is InChI=1S/C28H34N6O3/c1-6-7-8-29-27(37)21-11-28(5)12-22(28)34(21)23(36)10-20-19(18-13-30-17(4)31-14-18)9-15(2)25-24(20)26(16(3)35)33-32-25/h9,13-14,21-22H,6-8,10-12H2,1-5H3,(H,29,37)(H,32,33)/t21-,22+,28-/m0/s1. The van der Waals surface area contributed by atoms with Gasteiger partial charge in [0.05, 0.1) is 11.9 Å². The first kappa shape index (κ1) is 25.0. The minimum atomic E-state index is -0.475. The van der Waals surface area contributed by atoms with Crippen molar-refractivity contribution in [3.63, 3.8) is 0 Å². The van der Waals surface area contributed by atoms with E-state index in [0.29, 0.717) is 41.0 Å². The monoisotopic (exact) mass is 502 g/mol. The van der Waals surface area contributed by atoms with Crippen LogP contribution in [0.25, 0.3) is 22.0 Å². The molecule has 0 unspecified atom stereocenters. The lowest BCUT2D eigenvalue weighted by Gasteiger charge is -2.27. The van der Waals surface area contributed by atoms with E-state index < -0.39 is 6.04 Å². The summed E-state index contributed by atoms with van der Waals surface area (Å²) in [6, 6.07) is 1.56. The number of carbonyl (C=O) groups is 3. The molecule has 1 saturated heterocycles. The molecule has 1 aliphatic carbocycles. The first-order valence-corrected chi connectivity index (χ1v) is 13.0. The van der Waals surface area contributed by atoms with Gasteiger partial charge in [-0.05, 0) is 61.3 Å². The van der Waals surface area contributed by atoms with E-state index in [4.69, 9.17) is 0 Å². The average Bonchev–Trinajstić information content (AvgIpc) is 3.18. The maximum Gasteiger partial charge on any atom is 0.242 e. The van der Waals surface area contributed by atoms with Gasteiger partial charge in [-0.25, -0.2) is 9.97 Å². The molecule has 9 heteroatoms. The average molecular weight is 503 g/mol. The van der Waals surface area contributed by atoms with E-state index in [0.717, 1.165) is 36.0 Å². The zero-order chi connectivity index (χ0) is 26.5. The van der Waals surface area contributed by atoms with Crippen molar-refractivity contribution in [3.05, 3.63) is 41.1 Å². The Kier molecular flexibility index (Phi) is 6.33. The number of amides is 2. The molecule has 2 amide bonds. The van der Waals surface area contributed by atoms with Crippen LogP contribution in [0.2, 0.25) is 0 Å². The predicted octanol–water partition coefficient (Wildman–Crippen LogP) is 3.68. The fourth-order valence-corrected chi connectivity index (χ4v) is 5.76. The number of hydrogen-bond acceptors (Lipinski definition) is 6. The van der Waals surface area contributed by atoms with Gasteiger partial charge < -0.3 is 10.2 Å². The van der Waals surface area contributed by atoms with E-state index in [-0.39, 0.29) is 35.5 Å². The van der Waals surface area contributed by atoms with Crippen LogP contribution in [0.15, 0.2) is 18.5 Å². The number of aromatic amines is 1. The Balaban J connectivity index is 1.57. The summed E-state index contributed by atoms with van der Waals surface area (Å²) in [6.45, 7) is 10.1. The minimum absolute atomic E-state index is 0.0150. The smallest absolute Gasteiger partial charge is 0.242 e. The molecule has 2 aromatic heterocycles. The van der Waals surface area contributed by atoms with Gasteiger partial charge in [-0.15, -0.1) is 0 Å². The van der Waals surface area contributed by atoms with Crippen LogP contribution < -0.4 is 5.32 Å². The van der Waals surface area contributed by atoms with Crippen molar-refractivity contribution < 1.29 is 14.4 Å². The lowest BCUT2D eigenvalue weighted by molar-refractivity contribution is -0.139. The Morgan fingerprint density at radius 1 is 1.19 bits per heavy atom. The number of Topliss-reactive ketones (excluding diaryl/α,β-unsaturated/α-hetero) is 1. The number of aromatic nitrogens is 4. The third kappa shape index (κ3) is 4.40. The summed E-state index contributed by atoms with van der Waals surface area (Å²) in [5.41, 5.74) is 4.17. The number of benzene rings is 1. The van der Waals surface area contributed by atoms with Crippen LogP contribution in [0.3, 0.4) is 0 Å². The van der Waals surface area contributed by atoms with Crippen molar-refractivity contribution >= 4 is 28.5 Å². The van der Waals surface area contributed by atoms with E-state index >= 15 is 0 Å². The summed E-state index contributed by atoms with van der Waals surface area (Å²) in [4.78, 5) is 50.2.